The minimum absolute atomic E-state index is 0.221. The number of benzene rings is 1. The van der Waals surface area contributed by atoms with Crippen molar-refractivity contribution in [3.05, 3.63) is 52.4 Å². The number of halogens is 2. The van der Waals surface area contributed by atoms with Crippen molar-refractivity contribution in [2.75, 3.05) is 29.1 Å². The SMILES string of the molecule is CCNc1nc(N[C@@H](CO)c2ccc(F)cc2)nc(Nc2cc(C3CC3)[nH]n2)c1Cl. The van der Waals surface area contributed by atoms with Crippen LogP contribution < -0.4 is 16.0 Å². The quantitative estimate of drug-likeness (QED) is 0.345. The monoisotopic (exact) mass is 431 g/mol. The molecule has 1 aromatic carbocycles. The second-order valence-corrected chi connectivity index (χ2v) is 7.51. The Kier molecular flexibility index (Phi) is 6.01. The average molecular weight is 432 g/mol. The number of anilines is 4. The molecule has 5 N–H and O–H groups in total. The van der Waals surface area contributed by atoms with Crippen LogP contribution in [0.25, 0.3) is 0 Å². The number of aromatic amines is 1. The number of rotatable bonds is 9. The van der Waals surface area contributed by atoms with Crippen molar-refractivity contribution in [2.45, 2.75) is 31.7 Å². The van der Waals surface area contributed by atoms with Gasteiger partial charge < -0.3 is 21.1 Å². The van der Waals surface area contributed by atoms with Crippen LogP contribution in [0.3, 0.4) is 0 Å². The predicted molar refractivity (Wildman–Crippen MR) is 115 cm³/mol. The first-order valence-corrected chi connectivity index (χ1v) is 10.2. The molecule has 4 rings (SSSR count). The number of nitrogens with one attached hydrogen (secondary N) is 4. The number of H-pyrrole nitrogens is 1. The molecule has 1 aliphatic rings. The van der Waals surface area contributed by atoms with Gasteiger partial charge in [-0.3, -0.25) is 5.10 Å². The van der Waals surface area contributed by atoms with Crippen LogP contribution in [0.1, 0.15) is 43.0 Å². The van der Waals surface area contributed by atoms with E-state index < -0.39 is 6.04 Å². The molecule has 0 aliphatic heterocycles. The second-order valence-electron chi connectivity index (χ2n) is 7.13. The molecule has 1 fully saturated rings. The van der Waals surface area contributed by atoms with E-state index in [1.807, 2.05) is 13.0 Å². The molecular formula is C20H23ClFN7O. The predicted octanol–water partition coefficient (Wildman–Crippen LogP) is 4.19. The Bertz CT molecular complexity index is 1010. The summed E-state index contributed by atoms with van der Waals surface area (Å²) in [6.07, 6.45) is 2.33. The molecule has 10 heteroatoms. The van der Waals surface area contributed by atoms with Gasteiger partial charge in [-0.05, 0) is 37.5 Å². The van der Waals surface area contributed by atoms with E-state index in [1.54, 1.807) is 12.1 Å². The molecule has 3 aromatic rings. The summed E-state index contributed by atoms with van der Waals surface area (Å²) in [5.41, 5.74) is 1.79. The van der Waals surface area contributed by atoms with Gasteiger partial charge >= 0.3 is 0 Å². The molecule has 1 saturated carbocycles. The number of nitrogens with zero attached hydrogens (tertiary/aromatic N) is 3. The van der Waals surface area contributed by atoms with Gasteiger partial charge in [0.25, 0.3) is 0 Å². The fraction of sp³-hybridized carbons (Fsp3) is 0.350. The Morgan fingerprint density at radius 3 is 2.63 bits per heavy atom. The Balaban J connectivity index is 1.60. The summed E-state index contributed by atoms with van der Waals surface area (Å²) in [4.78, 5) is 8.89. The van der Waals surface area contributed by atoms with Gasteiger partial charge in [0.15, 0.2) is 17.5 Å². The van der Waals surface area contributed by atoms with E-state index in [9.17, 15) is 9.50 Å². The van der Waals surface area contributed by atoms with Crippen molar-refractivity contribution >= 4 is 35.0 Å². The lowest BCUT2D eigenvalue weighted by Gasteiger charge is -2.19. The van der Waals surface area contributed by atoms with Crippen LogP contribution in [0, 0.1) is 5.82 Å². The van der Waals surface area contributed by atoms with Crippen molar-refractivity contribution in [1.82, 2.24) is 20.2 Å². The number of aliphatic hydroxyl groups excluding tert-OH is 1. The smallest absolute Gasteiger partial charge is 0.227 e. The Labute approximate surface area is 178 Å². The number of aromatic nitrogens is 4. The molecule has 0 amide bonds. The highest BCUT2D eigenvalue weighted by molar-refractivity contribution is 6.35. The van der Waals surface area contributed by atoms with Crippen molar-refractivity contribution in [3.8, 4) is 0 Å². The number of hydrogen-bond acceptors (Lipinski definition) is 7. The third kappa shape index (κ3) is 4.63. The van der Waals surface area contributed by atoms with E-state index in [4.69, 9.17) is 11.6 Å². The summed E-state index contributed by atoms with van der Waals surface area (Å²) in [5.74, 6) is 1.91. The van der Waals surface area contributed by atoms with Gasteiger partial charge in [0.05, 0.1) is 12.6 Å². The third-order valence-corrected chi connectivity index (χ3v) is 5.17. The zero-order chi connectivity index (χ0) is 21.1. The highest BCUT2D eigenvalue weighted by atomic mass is 35.5. The van der Waals surface area contributed by atoms with Crippen LogP contribution in [0.5, 0.6) is 0 Å². The molecule has 0 radical (unpaired) electrons. The van der Waals surface area contributed by atoms with Gasteiger partial charge in [-0.1, -0.05) is 23.7 Å². The van der Waals surface area contributed by atoms with Crippen LogP contribution in [-0.4, -0.2) is 38.4 Å². The van der Waals surface area contributed by atoms with Crippen LogP contribution in [-0.2, 0) is 0 Å². The molecule has 1 atom stereocenters. The molecule has 0 bridgehead atoms. The Hall–Kier alpha value is -2.91. The maximum absolute atomic E-state index is 13.2. The van der Waals surface area contributed by atoms with Crippen LogP contribution in [0.2, 0.25) is 5.02 Å². The Morgan fingerprint density at radius 2 is 1.97 bits per heavy atom. The minimum Gasteiger partial charge on any atom is -0.394 e. The van der Waals surface area contributed by atoms with E-state index in [0.717, 1.165) is 5.69 Å². The van der Waals surface area contributed by atoms with Gasteiger partial charge in [-0.2, -0.15) is 15.1 Å². The van der Waals surface area contributed by atoms with Crippen molar-refractivity contribution in [2.24, 2.45) is 0 Å². The fourth-order valence-electron chi connectivity index (χ4n) is 3.09. The van der Waals surface area contributed by atoms with Gasteiger partial charge in [0, 0.05) is 24.2 Å². The fourth-order valence-corrected chi connectivity index (χ4v) is 3.29. The maximum atomic E-state index is 13.2. The zero-order valence-electron chi connectivity index (χ0n) is 16.4. The first kappa shape index (κ1) is 20.4. The number of hydrogen-bond donors (Lipinski definition) is 5. The summed E-state index contributed by atoms with van der Waals surface area (Å²) < 4.78 is 13.2. The summed E-state index contributed by atoms with van der Waals surface area (Å²) in [7, 11) is 0. The van der Waals surface area contributed by atoms with E-state index >= 15 is 0 Å². The largest absolute Gasteiger partial charge is 0.394 e. The maximum Gasteiger partial charge on any atom is 0.227 e. The van der Waals surface area contributed by atoms with Crippen LogP contribution >= 0.6 is 11.6 Å². The van der Waals surface area contributed by atoms with Crippen LogP contribution in [0.4, 0.5) is 27.8 Å². The molecular weight excluding hydrogens is 409 g/mol. The minimum atomic E-state index is -0.513. The van der Waals surface area contributed by atoms with Gasteiger partial charge in [0.1, 0.15) is 10.8 Å². The van der Waals surface area contributed by atoms with E-state index in [0.29, 0.717) is 40.5 Å². The summed E-state index contributed by atoms with van der Waals surface area (Å²) in [5, 5.41) is 26.8. The molecule has 2 heterocycles. The van der Waals surface area contributed by atoms with Gasteiger partial charge in [-0.25, -0.2) is 4.39 Å². The molecule has 1 aliphatic carbocycles. The summed E-state index contributed by atoms with van der Waals surface area (Å²) in [6, 6.07) is 7.33. The average Bonchev–Trinajstić information content (AvgIpc) is 3.49. The number of aliphatic hydroxyl groups is 1. The molecule has 2 aromatic heterocycles. The summed E-state index contributed by atoms with van der Waals surface area (Å²) >= 11 is 6.49. The lowest BCUT2D eigenvalue weighted by atomic mass is 10.1. The Morgan fingerprint density at radius 1 is 1.23 bits per heavy atom. The molecule has 0 unspecified atom stereocenters. The van der Waals surface area contributed by atoms with Crippen molar-refractivity contribution in [1.29, 1.82) is 0 Å². The van der Waals surface area contributed by atoms with E-state index in [-0.39, 0.29) is 18.4 Å². The van der Waals surface area contributed by atoms with E-state index in [2.05, 4.69) is 36.1 Å². The molecule has 158 valence electrons. The van der Waals surface area contributed by atoms with Crippen LogP contribution in [0.15, 0.2) is 30.3 Å². The molecule has 30 heavy (non-hydrogen) atoms. The van der Waals surface area contributed by atoms with Gasteiger partial charge in [0.2, 0.25) is 5.95 Å². The van der Waals surface area contributed by atoms with Crippen molar-refractivity contribution < 1.29 is 9.50 Å². The molecule has 0 spiro atoms. The highest BCUT2D eigenvalue weighted by Crippen LogP contribution is 2.40. The zero-order valence-corrected chi connectivity index (χ0v) is 17.2. The first-order valence-electron chi connectivity index (χ1n) is 9.84. The summed E-state index contributed by atoms with van der Waals surface area (Å²) in [6.45, 7) is 2.33. The molecule has 0 saturated heterocycles. The first-order chi connectivity index (χ1) is 14.6. The topological polar surface area (TPSA) is 111 Å². The lowest BCUT2D eigenvalue weighted by molar-refractivity contribution is 0.276. The van der Waals surface area contributed by atoms with E-state index in [1.165, 1.54) is 25.0 Å². The van der Waals surface area contributed by atoms with Crippen molar-refractivity contribution in [3.63, 3.8) is 0 Å². The normalized spacial score (nSPS) is 14.4. The molecule has 8 nitrogen and oxygen atoms in total. The standard InChI is InChI=1S/C20H23ClFN7O/c1-2-23-18-17(21)19(25-16-9-14(28-29-16)11-3-4-11)27-20(26-18)24-15(10-30)12-5-7-13(22)8-6-12/h5-9,11,15,30H,2-4,10H2,1H3,(H4,23,24,25,26,27,28,29)/t15-/m0/s1. The highest BCUT2D eigenvalue weighted by Gasteiger charge is 2.26. The second kappa shape index (κ2) is 8.85. The van der Waals surface area contributed by atoms with Gasteiger partial charge in [-0.15, -0.1) is 0 Å². The lowest BCUT2D eigenvalue weighted by Crippen LogP contribution is -2.18. The third-order valence-electron chi connectivity index (χ3n) is 4.82.